The summed E-state index contributed by atoms with van der Waals surface area (Å²) in [5.74, 6) is -0.566. The summed E-state index contributed by atoms with van der Waals surface area (Å²) < 4.78 is 33.0. The average Bonchev–Trinajstić information content (AvgIpc) is 2.50. The van der Waals surface area contributed by atoms with E-state index in [1.807, 2.05) is 13.8 Å². The number of halogens is 2. The van der Waals surface area contributed by atoms with Gasteiger partial charge in [-0.25, -0.2) is 0 Å². The maximum Gasteiger partial charge on any atom is 0.387 e. The molecule has 0 spiro atoms. The Bertz CT molecular complexity index is 517. The molecule has 0 bridgehead atoms. The highest BCUT2D eigenvalue weighted by atomic mass is 19.3. The van der Waals surface area contributed by atoms with E-state index in [0.717, 1.165) is 5.56 Å². The van der Waals surface area contributed by atoms with Crippen molar-refractivity contribution in [2.75, 3.05) is 13.7 Å². The Kier molecular flexibility index (Phi) is 7.44. The van der Waals surface area contributed by atoms with Gasteiger partial charge in [-0.2, -0.15) is 8.78 Å². The fourth-order valence-corrected chi connectivity index (χ4v) is 1.99. The molecule has 23 heavy (non-hydrogen) atoms. The lowest BCUT2D eigenvalue weighted by molar-refractivity contribution is -0.148. The third kappa shape index (κ3) is 6.63. The fourth-order valence-electron chi connectivity index (χ4n) is 1.99. The number of carbonyl (C=O) groups excluding carboxylic acids is 2. The van der Waals surface area contributed by atoms with Crippen LogP contribution in [0.25, 0.3) is 0 Å². The van der Waals surface area contributed by atoms with Crippen molar-refractivity contribution >= 4 is 11.9 Å². The fraction of sp³-hybridized carbons (Fsp3) is 0.500. The molecule has 0 saturated carbocycles. The summed E-state index contributed by atoms with van der Waals surface area (Å²) >= 11 is 0. The molecule has 5 nitrogen and oxygen atoms in total. The third-order valence-corrected chi connectivity index (χ3v) is 3.25. The summed E-state index contributed by atoms with van der Waals surface area (Å²) in [4.78, 5) is 25.0. The lowest BCUT2D eigenvalue weighted by Crippen LogP contribution is -2.41. The smallest absolute Gasteiger partial charge is 0.387 e. The molecule has 7 heteroatoms. The van der Waals surface area contributed by atoms with Crippen LogP contribution in [0.5, 0.6) is 5.75 Å². The van der Waals surface area contributed by atoms with Gasteiger partial charge >= 0.3 is 12.6 Å². The Morgan fingerprint density at radius 3 is 2.26 bits per heavy atom. The second kappa shape index (κ2) is 9.07. The molecule has 0 saturated heterocycles. The minimum atomic E-state index is -2.86. The molecule has 128 valence electrons. The van der Waals surface area contributed by atoms with E-state index in [-0.39, 0.29) is 30.7 Å². The Morgan fingerprint density at radius 2 is 1.78 bits per heavy atom. The van der Waals surface area contributed by atoms with E-state index in [1.165, 1.54) is 24.1 Å². The van der Waals surface area contributed by atoms with Crippen LogP contribution in [0, 0.1) is 0 Å². The molecule has 0 atom stereocenters. The van der Waals surface area contributed by atoms with E-state index in [0.29, 0.717) is 6.42 Å². The lowest BCUT2D eigenvalue weighted by Gasteiger charge is -2.25. The van der Waals surface area contributed by atoms with Gasteiger partial charge in [0.25, 0.3) is 0 Å². The van der Waals surface area contributed by atoms with Crippen LogP contribution in [0.15, 0.2) is 24.3 Å². The molecule has 1 aromatic carbocycles. The minimum absolute atomic E-state index is 0.0737. The molecule has 1 aromatic rings. The van der Waals surface area contributed by atoms with Crippen LogP contribution in [0.1, 0.15) is 25.8 Å². The Hall–Kier alpha value is -2.18. The molecule has 0 aliphatic rings. The summed E-state index contributed by atoms with van der Waals surface area (Å²) in [6.07, 6.45) is 0.655. The minimum Gasteiger partial charge on any atom is -0.468 e. The van der Waals surface area contributed by atoms with Gasteiger partial charge in [-0.05, 0) is 38.0 Å². The highest BCUT2D eigenvalue weighted by Crippen LogP contribution is 2.16. The Labute approximate surface area is 134 Å². The lowest BCUT2D eigenvalue weighted by atomic mass is 10.1. The van der Waals surface area contributed by atoms with Crippen molar-refractivity contribution < 1.29 is 27.8 Å². The quantitative estimate of drug-likeness (QED) is 0.688. The van der Waals surface area contributed by atoms with Gasteiger partial charge in [0.15, 0.2) is 0 Å². The molecular weight excluding hydrogens is 308 g/mol. The molecule has 0 aromatic heterocycles. The topological polar surface area (TPSA) is 55.8 Å². The number of amides is 1. The first-order valence-electron chi connectivity index (χ1n) is 7.23. The standard InChI is InChI=1S/C16H21F2NO4/c1-11(2)19(10-15(21)22-3)14(20)9-6-12-4-7-13(8-5-12)23-16(17)18/h4-5,7-8,11,16H,6,9-10H2,1-3H3. The van der Waals surface area contributed by atoms with Crippen molar-refractivity contribution in [3.63, 3.8) is 0 Å². The van der Waals surface area contributed by atoms with Gasteiger partial charge in [-0.15, -0.1) is 0 Å². The third-order valence-electron chi connectivity index (χ3n) is 3.25. The van der Waals surface area contributed by atoms with Crippen LogP contribution in [-0.2, 0) is 20.7 Å². The Balaban J connectivity index is 2.57. The van der Waals surface area contributed by atoms with Crippen molar-refractivity contribution in [1.82, 2.24) is 4.90 Å². The second-order valence-electron chi connectivity index (χ2n) is 5.21. The first-order valence-corrected chi connectivity index (χ1v) is 7.23. The number of hydrogen-bond donors (Lipinski definition) is 0. The number of hydrogen-bond acceptors (Lipinski definition) is 4. The van der Waals surface area contributed by atoms with E-state index in [2.05, 4.69) is 9.47 Å². The first-order chi connectivity index (χ1) is 10.8. The summed E-state index contributed by atoms with van der Waals surface area (Å²) in [5.41, 5.74) is 0.821. The van der Waals surface area contributed by atoms with Gasteiger partial charge in [0.1, 0.15) is 12.3 Å². The number of esters is 1. The summed E-state index contributed by atoms with van der Waals surface area (Å²) in [5, 5.41) is 0. The van der Waals surface area contributed by atoms with Crippen molar-refractivity contribution in [2.45, 2.75) is 39.3 Å². The van der Waals surface area contributed by atoms with Crippen molar-refractivity contribution in [3.8, 4) is 5.75 Å². The summed E-state index contributed by atoms with van der Waals surface area (Å²) in [7, 11) is 1.27. The molecule has 1 rings (SSSR count). The summed E-state index contributed by atoms with van der Waals surface area (Å²) in [6, 6.07) is 6.00. The van der Waals surface area contributed by atoms with Crippen LogP contribution in [-0.4, -0.2) is 43.1 Å². The zero-order chi connectivity index (χ0) is 17.4. The maximum atomic E-state index is 12.2. The zero-order valence-corrected chi connectivity index (χ0v) is 13.4. The number of rotatable bonds is 8. The van der Waals surface area contributed by atoms with Gasteiger partial charge < -0.3 is 14.4 Å². The Morgan fingerprint density at radius 1 is 1.17 bits per heavy atom. The number of nitrogens with zero attached hydrogens (tertiary/aromatic N) is 1. The predicted molar refractivity (Wildman–Crippen MR) is 80.3 cm³/mol. The molecular formula is C16H21F2NO4. The van der Waals surface area contributed by atoms with Crippen molar-refractivity contribution in [2.24, 2.45) is 0 Å². The second-order valence-corrected chi connectivity index (χ2v) is 5.21. The van der Waals surface area contributed by atoms with E-state index in [1.54, 1.807) is 12.1 Å². The monoisotopic (exact) mass is 329 g/mol. The normalized spacial score (nSPS) is 10.7. The number of carbonyl (C=O) groups is 2. The maximum absolute atomic E-state index is 12.2. The molecule has 0 heterocycles. The van der Waals surface area contributed by atoms with Crippen LogP contribution in [0.3, 0.4) is 0 Å². The van der Waals surface area contributed by atoms with Crippen LogP contribution < -0.4 is 4.74 Å². The van der Waals surface area contributed by atoms with Crippen molar-refractivity contribution in [1.29, 1.82) is 0 Å². The van der Waals surface area contributed by atoms with Crippen LogP contribution in [0.2, 0.25) is 0 Å². The number of ether oxygens (including phenoxy) is 2. The average molecular weight is 329 g/mol. The predicted octanol–water partition coefficient (Wildman–Crippen LogP) is 2.63. The number of methoxy groups -OCH3 is 1. The highest BCUT2D eigenvalue weighted by molar-refractivity contribution is 5.82. The van der Waals surface area contributed by atoms with E-state index in [4.69, 9.17) is 0 Å². The van der Waals surface area contributed by atoms with Gasteiger partial charge in [0, 0.05) is 12.5 Å². The van der Waals surface area contributed by atoms with E-state index >= 15 is 0 Å². The van der Waals surface area contributed by atoms with Crippen molar-refractivity contribution in [3.05, 3.63) is 29.8 Å². The highest BCUT2D eigenvalue weighted by Gasteiger charge is 2.20. The molecule has 0 aliphatic carbocycles. The molecule has 0 N–H and O–H groups in total. The number of aryl methyl sites for hydroxylation is 1. The van der Waals surface area contributed by atoms with Crippen LogP contribution >= 0.6 is 0 Å². The number of benzene rings is 1. The van der Waals surface area contributed by atoms with Gasteiger partial charge in [-0.3, -0.25) is 9.59 Å². The zero-order valence-electron chi connectivity index (χ0n) is 13.4. The van der Waals surface area contributed by atoms with Crippen LogP contribution in [0.4, 0.5) is 8.78 Å². The first kappa shape index (κ1) is 18.9. The SMILES string of the molecule is COC(=O)CN(C(=O)CCc1ccc(OC(F)F)cc1)C(C)C. The van der Waals surface area contributed by atoms with E-state index in [9.17, 15) is 18.4 Å². The summed E-state index contributed by atoms with van der Waals surface area (Å²) in [6.45, 7) is 0.684. The molecule has 0 aliphatic heterocycles. The molecule has 0 fully saturated rings. The molecule has 0 radical (unpaired) electrons. The van der Waals surface area contributed by atoms with E-state index < -0.39 is 12.6 Å². The van der Waals surface area contributed by atoms with Gasteiger partial charge in [-0.1, -0.05) is 12.1 Å². The number of alkyl halides is 2. The molecule has 1 amide bonds. The molecule has 0 unspecified atom stereocenters. The van der Waals surface area contributed by atoms with Gasteiger partial charge in [0.2, 0.25) is 5.91 Å². The largest absolute Gasteiger partial charge is 0.468 e. The van der Waals surface area contributed by atoms with Gasteiger partial charge in [0.05, 0.1) is 7.11 Å².